The van der Waals surface area contributed by atoms with Gasteiger partial charge in [-0.25, -0.2) is 0 Å². The summed E-state index contributed by atoms with van der Waals surface area (Å²) in [5.41, 5.74) is 1.35. The lowest BCUT2D eigenvalue weighted by Gasteiger charge is -2.08. The normalized spacial score (nSPS) is 11.6. The van der Waals surface area contributed by atoms with Gasteiger partial charge in [0.1, 0.15) is 0 Å². The molecule has 0 radical (unpaired) electrons. The number of carbonyl (C=O) groups is 1. The van der Waals surface area contributed by atoms with Crippen molar-refractivity contribution in [3.05, 3.63) is 29.8 Å². The van der Waals surface area contributed by atoms with Crippen molar-refractivity contribution in [1.82, 2.24) is 0 Å². The summed E-state index contributed by atoms with van der Waals surface area (Å²) in [6.07, 6.45) is 2.61. The quantitative estimate of drug-likeness (QED) is 0.770. The molecule has 0 bridgehead atoms. The van der Waals surface area contributed by atoms with E-state index in [0.29, 0.717) is 17.2 Å². The van der Waals surface area contributed by atoms with Crippen molar-refractivity contribution in [2.75, 3.05) is 11.1 Å². The van der Waals surface area contributed by atoms with Gasteiger partial charge in [-0.1, -0.05) is 13.8 Å². The molecular weight excluding hydrogens is 256 g/mol. The zero-order chi connectivity index (χ0) is 14.1. The Kier molecular flexibility index (Phi) is 7.06. The third kappa shape index (κ3) is 6.30. The van der Waals surface area contributed by atoms with Gasteiger partial charge in [-0.2, -0.15) is 17.0 Å². The van der Waals surface area contributed by atoms with Gasteiger partial charge in [0.2, 0.25) is 5.91 Å². The van der Waals surface area contributed by atoms with Crippen LogP contribution in [0.25, 0.3) is 0 Å². The van der Waals surface area contributed by atoms with Gasteiger partial charge < -0.3 is 5.32 Å². The first-order chi connectivity index (χ1) is 9.15. The third-order valence-corrected chi connectivity index (χ3v) is 4.25. The fourth-order valence-electron chi connectivity index (χ4n) is 1.49. The van der Waals surface area contributed by atoms with Crippen LogP contribution in [0.1, 0.15) is 38.7 Å². The van der Waals surface area contributed by atoms with E-state index in [0.717, 1.165) is 17.9 Å². The minimum absolute atomic E-state index is 0.0365. The maximum Gasteiger partial charge on any atom is 0.224 e. The lowest BCUT2D eigenvalue weighted by atomic mass is 10.2. The number of anilines is 1. The summed E-state index contributed by atoms with van der Waals surface area (Å²) in [7, 11) is 0. The molecule has 1 N–H and O–H groups in total. The second-order valence-corrected chi connectivity index (χ2v) is 5.98. The molecule has 0 aromatic heterocycles. The van der Waals surface area contributed by atoms with Crippen molar-refractivity contribution in [3.8, 4) is 6.07 Å². The van der Waals surface area contributed by atoms with Crippen LogP contribution in [0.5, 0.6) is 0 Å². The maximum absolute atomic E-state index is 11.7. The maximum atomic E-state index is 11.7. The van der Waals surface area contributed by atoms with Crippen molar-refractivity contribution in [2.45, 2.75) is 38.4 Å². The predicted molar refractivity (Wildman–Crippen MR) is 81.2 cm³/mol. The van der Waals surface area contributed by atoms with Gasteiger partial charge in [-0.3, -0.25) is 4.79 Å². The molecule has 0 spiro atoms. The number of amides is 1. The standard InChI is InChI=1S/C15H20N2OS/c1-3-12(2)19-10-4-5-15(18)17-14-8-6-13(11-16)7-9-14/h6-9,12H,3-5,10H2,1-2H3,(H,17,18). The Bertz CT molecular complexity index is 436. The molecule has 0 saturated carbocycles. The Morgan fingerprint density at radius 2 is 2.11 bits per heavy atom. The second-order valence-electron chi connectivity index (χ2n) is 4.43. The topological polar surface area (TPSA) is 52.9 Å². The number of thioether (sulfide) groups is 1. The molecule has 1 aromatic rings. The molecular formula is C15H20N2OS. The molecule has 1 atom stereocenters. The summed E-state index contributed by atoms with van der Waals surface area (Å²) in [5.74, 6) is 1.06. The van der Waals surface area contributed by atoms with Crippen LogP contribution in [0.3, 0.4) is 0 Å². The van der Waals surface area contributed by atoms with Crippen molar-refractivity contribution >= 4 is 23.4 Å². The van der Waals surface area contributed by atoms with E-state index in [1.165, 1.54) is 6.42 Å². The van der Waals surface area contributed by atoms with Crippen LogP contribution in [0.4, 0.5) is 5.69 Å². The predicted octanol–water partition coefficient (Wildman–Crippen LogP) is 3.81. The molecule has 102 valence electrons. The van der Waals surface area contributed by atoms with E-state index in [2.05, 4.69) is 19.2 Å². The number of nitriles is 1. The summed E-state index contributed by atoms with van der Waals surface area (Å²) in [6, 6.07) is 8.96. The molecule has 1 unspecified atom stereocenters. The largest absolute Gasteiger partial charge is 0.326 e. The number of hydrogen-bond donors (Lipinski definition) is 1. The molecule has 0 fully saturated rings. The summed E-state index contributed by atoms with van der Waals surface area (Å²) in [6.45, 7) is 4.39. The van der Waals surface area contributed by atoms with Crippen LogP contribution in [-0.4, -0.2) is 16.9 Å². The van der Waals surface area contributed by atoms with Crippen molar-refractivity contribution < 1.29 is 4.79 Å². The van der Waals surface area contributed by atoms with Crippen LogP contribution >= 0.6 is 11.8 Å². The molecule has 0 aliphatic heterocycles. The van der Waals surface area contributed by atoms with Gasteiger partial charge in [-0.15, -0.1) is 0 Å². The van der Waals surface area contributed by atoms with Gasteiger partial charge in [0.15, 0.2) is 0 Å². The molecule has 0 saturated heterocycles. The van der Waals surface area contributed by atoms with Gasteiger partial charge in [0.25, 0.3) is 0 Å². The van der Waals surface area contributed by atoms with Gasteiger partial charge in [0.05, 0.1) is 11.6 Å². The van der Waals surface area contributed by atoms with Crippen molar-refractivity contribution in [1.29, 1.82) is 5.26 Å². The Morgan fingerprint density at radius 3 is 2.68 bits per heavy atom. The zero-order valence-corrected chi connectivity index (χ0v) is 12.3. The Labute approximate surface area is 119 Å². The highest BCUT2D eigenvalue weighted by Gasteiger charge is 2.04. The van der Waals surface area contributed by atoms with Crippen LogP contribution in [0.15, 0.2) is 24.3 Å². The van der Waals surface area contributed by atoms with E-state index < -0.39 is 0 Å². The lowest BCUT2D eigenvalue weighted by molar-refractivity contribution is -0.116. The highest BCUT2D eigenvalue weighted by atomic mass is 32.2. The summed E-state index contributed by atoms with van der Waals surface area (Å²) < 4.78 is 0. The van der Waals surface area contributed by atoms with E-state index in [1.54, 1.807) is 24.3 Å². The van der Waals surface area contributed by atoms with Crippen LogP contribution in [0.2, 0.25) is 0 Å². The fraction of sp³-hybridized carbons (Fsp3) is 0.467. The monoisotopic (exact) mass is 276 g/mol. The van der Waals surface area contributed by atoms with Gasteiger partial charge >= 0.3 is 0 Å². The number of rotatable bonds is 7. The minimum atomic E-state index is 0.0365. The molecule has 1 amide bonds. The van der Waals surface area contributed by atoms with Crippen LogP contribution < -0.4 is 5.32 Å². The highest BCUT2D eigenvalue weighted by molar-refractivity contribution is 7.99. The molecule has 4 heteroatoms. The molecule has 0 heterocycles. The van der Waals surface area contributed by atoms with Crippen LogP contribution in [0, 0.1) is 11.3 Å². The van der Waals surface area contributed by atoms with E-state index in [4.69, 9.17) is 5.26 Å². The zero-order valence-electron chi connectivity index (χ0n) is 11.5. The Morgan fingerprint density at radius 1 is 1.42 bits per heavy atom. The van der Waals surface area contributed by atoms with E-state index in [9.17, 15) is 4.79 Å². The van der Waals surface area contributed by atoms with Crippen LogP contribution in [-0.2, 0) is 4.79 Å². The number of nitrogens with one attached hydrogen (secondary N) is 1. The fourth-order valence-corrected chi connectivity index (χ4v) is 2.44. The first-order valence-electron chi connectivity index (χ1n) is 6.57. The van der Waals surface area contributed by atoms with Gasteiger partial charge in [-0.05, 0) is 42.9 Å². The Hall–Kier alpha value is -1.47. The number of nitrogens with zero attached hydrogens (tertiary/aromatic N) is 1. The molecule has 19 heavy (non-hydrogen) atoms. The first-order valence-corrected chi connectivity index (χ1v) is 7.62. The molecule has 0 aliphatic carbocycles. The molecule has 1 aromatic carbocycles. The number of benzene rings is 1. The summed E-state index contributed by atoms with van der Waals surface area (Å²) in [5, 5.41) is 12.2. The molecule has 0 aliphatic rings. The minimum Gasteiger partial charge on any atom is -0.326 e. The van der Waals surface area contributed by atoms with Crippen molar-refractivity contribution in [2.24, 2.45) is 0 Å². The van der Waals surface area contributed by atoms with E-state index >= 15 is 0 Å². The molecule has 3 nitrogen and oxygen atoms in total. The number of hydrogen-bond acceptors (Lipinski definition) is 3. The van der Waals surface area contributed by atoms with E-state index in [-0.39, 0.29) is 5.91 Å². The SMILES string of the molecule is CCC(C)SCCCC(=O)Nc1ccc(C#N)cc1. The lowest BCUT2D eigenvalue weighted by Crippen LogP contribution is -2.11. The Balaban J connectivity index is 2.25. The first kappa shape index (κ1) is 15.6. The van der Waals surface area contributed by atoms with E-state index in [1.807, 2.05) is 17.8 Å². The smallest absolute Gasteiger partial charge is 0.224 e. The summed E-state index contributed by atoms with van der Waals surface area (Å²) >= 11 is 1.91. The van der Waals surface area contributed by atoms with Crippen molar-refractivity contribution in [3.63, 3.8) is 0 Å². The highest BCUT2D eigenvalue weighted by Crippen LogP contribution is 2.15. The third-order valence-electron chi connectivity index (χ3n) is 2.82. The second kappa shape index (κ2) is 8.60. The van der Waals surface area contributed by atoms with Gasteiger partial charge in [0, 0.05) is 17.4 Å². The summed E-state index contributed by atoms with van der Waals surface area (Å²) in [4.78, 5) is 11.7. The average Bonchev–Trinajstić information content (AvgIpc) is 2.44. The average molecular weight is 276 g/mol. The molecule has 1 rings (SSSR count). The number of carbonyl (C=O) groups excluding carboxylic acids is 1.